The fraction of sp³-hybridized carbons (Fsp3) is 0.208. The van der Waals surface area contributed by atoms with Crippen molar-refractivity contribution in [1.82, 2.24) is 14.4 Å². The molecule has 0 unspecified atom stereocenters. The van der Waals surface area contributed by atoms with Crippen LogP contribution in [0.4, 0.5) is 5.69 Å². The molecule has 1 aliphatic heterocycles. The summed E-state index contributed by atoms with van der Waals surface area (Å²) in [5, 5.41) is 0. The number of nitrogens with zero attached hydrogens (tertiary/aromatic N) is 4. The van der Waals surface area contributed by atoms with Crippen molar-refractivity contribution in [3.8, 4) is 5.75 Å². The lowest BCUT2D eigenvalue weighted by Crippen LogP contribution is -2.35. The molecule has 0 aliphatic carbocycles. The van der Waals surface area contributed by atoms with E-state index in [1.54, 1.807) is 6.20 Å². The Hall–Kier alpha value is -3.67. The zero-order valence-electron chi connectivity index (χ0n) is 16.8. The van der Waals surface area contributed by atoms with E-state index >= 15 is 0 Å². The van der Waals surface area contributed by atoms with E-state index in [0.29, 0.717) is 24.5 Å². The molecule has 4 aromatic rings. The lowest BCUT2D eigenvalue weighted by Gasteiger charge is -2.28. The number of hydrogen-bond acceptors (Lipinski definition) is 4. The number of fused-ring (bicyclic) bond motifs is 2. The van der Waals surface area contributed by atoms with E-state index in [1.807, 2.05) is 70.2 Å². The third kappa shape index (κ3) is 3.52. The van der Waals surface area contributed by atoms with Crippen LogP contribution >= 0.6 is 0 Å². The van der Waals surface area contributed by atoms with Gasteiger partial charge in [-0.15, -0.1) is 0 Å². The fourth-order valence-corrected chi connectivity index (χ4v) is 3.84. The van der Waals surface area contributed by atoms with Crippen molar-refractivity contribution in [2.45, 2.75) is 26.4 Å². The highest BCUT2D eigenvalue weighted by Gasteiger charge is 2.24. The first-order valence-corrected chi connectivity index (χ1v) is 10.1. The number of pyridine rings is 2. The second kappa shape index (κ2) is 7.63. The summed E-state index contributed by atoms with van der Waals surface area (Å²) in [4.78, 5) is 23.8. The molecule has 6 nitrogen and oxygen atoms in total. The summed E-state index contributed by atoms with van der Waals surface area (Å²) < 4.78 is 7.88. The van der Waals surface area contributed by atoms with Crippen LogP contribution in [0.15, 0.2) is 67.1 Å². The van der Waals surface area contributed by atoms with Crippen molar-refractivity contribution < 1.29 is 9.53 Å². The largest absolute Gasteiger partial charge is 0.487 e. The number of rotatable bonds is 4. The molecular formula is C24H22N4O2. The maximum Gasteiger partial charge on any atom is 0.258 e. The van der Waals surface area contributed by atoms with Gasteiger partial charge in [-0.25, -0.2) is 4.98 Å². The highest BCUT2D eigenvalue weighted by atomic mass is 16.5. The molecule has 150 valence electrons. The van der Waals surface area contributed by atoms with E-state index in [-0.39, 0.29) is 5.91 Å². The van der Waals surface area contributed by atoms with Crippen LogP contribution in [0.1, 0.15) is 33.7 Å². The Morgan fingerprint density at radius 3 is 2.83 bits per heavy atom. The smallest absolute Gasteiger partial charge is 0.258 e. The van der Waals surface area contributed by atoms with Crippen LogP contribution in [0, 0.1) is 6.92 Å². The van der Waals surface area contributed by atoms with Crippen LogP contribution in [-0.2, 0) is 13.0 Å². The normalized spacial score (nSPS) is 13.3. The third-order valence-corrected chi connectivity index (χ3v) is 5.33. The Kier molecular flexibility index (Phi) is 4.67. The molecule has 1 aliphatic rings. The number of aromatic nitrogens is 3. The number of hydrogen-bond donors (Lipinski definition) is 0. The molecule has 6 heteroatoms. The van der Waals surface area contributed by atoms with E-state index in [1.165, 1.54) is 5.56 Å². The standard InChI is InChI=1S/C24H22N4O2/c1-17-6-11-23-26-19(15-27(23)14-17)16-30-20-9-7-18(8-10-20)24(29)28-13-3-4-21-22(28)5-2-12-25-21/h2,5-12,14-15H,3-4,13,16H2,1H3. The van der Waals surface area contributed by atoms with Crippen LogP contribution in [0.3, 0.4) is 0 Å². The average molecular weight is 398 g/mol. The first-order valence-electron chi connectivity index (χ1n) is 10.1. The molecule has 1 aromatic carbocycles. The van der Waals surface area contributed by atoms with E-state index in [2.05, 4.69) is 16.9 Å². The van der Waals surface area contributed by atoms with Gasteiger partial charge in [0.05, 0.1) is 17.1 Å². The van der Waals surface area contributed by atoms with Crippen LogP contribution < -0.4 is 9.64 Å². The SMILES string of the molecule is Cc1ccc2nc(COc3ccc(C(=O)N4CCCc5ncccc54)cc3)cn2c1. The minimum atomic E-state index is -0.00813. The lowest BCUT2D eigenvalue weighted by atomic mass is 10.1. The van der Waals surface area contributed by atoms with Gasteiger partial charge < -0.3 is 14.0 Å². The molecule has 0 saturated carbocycles. The summed E-state index contributed by atoms with van der Waals surface area (Å²) >= 11 is 0. The second-order valence-corrected chi connectivity index (χ2v) is 7.55. The first kappa shape index (κ1) is 18.4. The van der Waals surface area contributed by atoms with Gasteiger partial charge in [-0.1, -0.05) is 6.07 Å². The number of anilines is 1. The average Bonchev–Trinajstić information content (AvgIpc) is 3.19. The zero-order chi connectivity index (χ0) is 20.5. The molecule has 0 saturated heterocycles. The number of aryl methyl sites for hydroxylation is 2. The summed E-state index contributed by atoms with van der Waals surface area (Å²) in [5.41, 5.74) is 5.48. The second-order valence-electron chi connectivity index (χ2n) is 7.55. The van der Waals surface area contributed by atoms with Crippen LogP contribution in [0.25, 0.3) is 5.65 Å². The Morgan fingerprint density at radius 1 is 1.10 bits per heavy atom. The van der Waals surface area contributed by atoms with Crippen LogP contribution in [0.2, 0.25) is 0 Å². The Balaban J connectivity index is 1.28. The third-order valence-electron chi connectivity index (χ3n) is 5.33. The molecule has 0 atom stereocenters. The van der Waals surface area contributed by atoms with Gasteiger partial charge in [0.15, 0.2) is 0 Å². The predicted molar refractivity (Wildman–Crippen MR) is 115 cm³/mol. The molecule has 0 spiro atoms. The molecule has 0 radical (unpaired) electrons. The Labute approximate surface area is 174 Å². The van der Waals surface area contributed by atoms with Gasteiger partial charge in [0.25, 0.3) is 5.91 Å². The molecule has 30 heavy (non-hydrogen) atoms. The lowest BCUT2D eigenvalue weighted by molar-refractivity contribution is 0.0985. The van der Waals surface area contributed by atoms with Crippen molar-refractivity contribution in [3.05, 3.63) is 89.6 Å². The van der Waals surface area contributed by atoms with Gasteiger partial charge in [-0.3, -0.25) is 9.78 Å². The Bertz CT molecular complexity index is 1210. The molecule has 3 aromatic heterocycles. The monoisotopic (exact) mass is 398 g/mol. The molecule has 1 amide bonds. The zero-order valence-corrected chi connectivity index (χ0v) is 16.8. The number of carbonyl (C=O) groups is 1. The molecular weight excluding hydrogens is 376 g/mol. The Morgan fingerprint density at radius 2 is 1.97 bits per heavy atom. The van der Waals surface area contributed by atoms with Crippen molar-refractivity contribution in [2.75, 3.05) is 11.4 Å². The van der Waals surface area contributed by atoms with Gasteiger partial charge in [0.2, 0.25) is 0 Å². The van der Waals surface area contributed by atoms with Crippen molar-refractivity contribution in [2.24, 2.45) is 0 Å². The van der Waals surface area contributed by atoms with Crippen molar-refractivity contribution in [3.63, 3.8) is 0 Å². The van der Waals surface area contributed by atoms with Crippen molar-refractivity contribution >= 4 is 17.2 Å². The molecule has 0 bridgehead atoms. The van der Waals surface area contributed by atoms with Gasteiger partial charge >= 0.3 is 0 Å². The number of carbonyl (C=O) groups excluding carboxylic acids is 1. The van der Waals surface area contributed by atoms with Gasteiger partial charge in [-0.05, 0) is 67.8 Å². The molecule has 0 fully saturated rings. The van der Waals surface area contributed by atoms with Crippen LogP contribution in [0.5, 0.6) is 5.75 Å². The van der Waals surface area contributed by atoms with E-state index in [4.69, 9.17) is 4.74 Å². The van der Waals surface area contributed by atoms with Gasteiger partial charge in [0, 0.05) is 30.7 Å². The fourth-order valence-electron chi connectivity index (χ4n) is 3.84. The molecule has 4 heterocycles. The first-order chi connectivity index (χ1) is 14.7. The maximum absolute atomic E-state index is 13.0. The quantitative estimate of drug-likeness (QED) is 0.517. The number of amides is 1. The predicted octanol–water partition coefficient (Wildman–Crippen LogP) is 4.21. The number of benzene rings is 1. The number of imidazole rings is 1. The van der Waals surface area contributed by atoms with E-state index in [0.717, 1.165) is 35.6 Å². The summed E-state index contributed by atoms with van der Waals surface area (Å²) in [6.45, 7) is 3.14. The van der Waals surface area contributed by atoms with Gasteiger partial charge in [-0.2, -0.15) is 0 Å². The minimum Gasteiger partial charge on any atom is -0.487 e. The van der Waals surface area contributed by atoms with E-state index < -0.39 is 0 Å². The number of ether oxygens (including phenoxy) is 1. The van der Waals surface area contributed by atoms with E-state index in [9.17, 15) is 4.79 Å². The van der Waals surface area contributed by atoms with Crippen molar-refractivity contribution in [1.29, 1.82) is 0 Å². The summed E-state index contributed by atoms with van der Waals surface area (Å²) in [7, 11) is 0. The summed E-state index contributed by atoms with van der Waals surface area (Å²) in [6.07, 6.45) is 7.64. The highest BCUT2D eigenvalue weighted by molar-refractivity contribution is 6.06. The molecule has 5 rings (SSSR count). The summed E-state index contributed by atoms with van der Waals surface area (Å²) in [5.74, 6) is 0.701. The summed E-state index contributed by atoms with van der Waals surface area (Å²) in [6, 6.07) is 15.2. The topological polar surface area (TPSA) is 59.7 Å². The van der Waals surface area contributed by atoms with Crippen LogP contribution in [-0.4, -0.2) is 26.8 Å². The molecule has 0 N–H and O–H groups in total. The highest BCUT2D eigenvalue weighted by Crippen LogP contribution is 2.27. The maximum atomic E-state index is 13.0. The van der Waals surface area contributed by atoms with Gasteiger partial charge in [0.1, 0.15) is 18.0 Å². The minimum absolute atomic E-state index is 0.00813.